The molecule has 1 heterocycles. The molecule has 0 aliphatic carbocycles. The highest BCUT2D eigenvalue weighted by atomic mass is 16.3. The molecule has 1 aromatic heterocycles. The first-order chi connectivity index (χ1) is 13.6. The monoisotopic (exact) mass is 375 g/mol. The summed E-state index contributed by atoms with van der Waals surface area (Å²) in [6.07, 6.45) is 4.81. The predicted molar refractivity (Wildman–Crippen MR) is 110 cm³/mol. The van der Waals surface area contributed by atoms with Crippen molar-refractivity contribution in [1.82, 2.24) is 5.32 Å². The Morgan fingerprint density at radius 1 is 0.964 bits per heavy atom. The largest absolute Gasteiger partial charge is 0.467 e. The van der Waals surface area contributed by atoms with Crippen molar-refractivity contribution < 1.29 is 14.0 Å². The summed E-state index contributed by atoms with van der Waals surface area (Å²) in [5.74, 6) is 0.449. The molecule has 3 amide bonds. The summed E-state index contributed by atoms with van der Waals surface area (Å²) in [7, 11) is 0. The number of hydrogen-bond acceptors (Lipinski definition) is 3. The van der Waals surface area contributed by atoms with Crippen LogP contribution in [-0.2, 0) is 11.3 Å². The summed E-state index contributed by atoms with van der Waals surface area (Å²) >= 11 is 0. The standard InChI is InChI=1S/C22H21N3O3/c1-16-4-2-5-17(14-16)7-12-21(26)24-18-8-10-19(11-9-18)25-22(27)23-15-20-6-3-13-28-20/h2-14H,15H2,1H3,(H,24,26)(H2,23,25,27)/b12-7+. The van der Waals surface area contributed by atoms with Gasteiger partial charge in [-0.25, -0.2) is 4.79 Å². The highest BCUT2D eigenvalue weighted by molar-refractivity contribution is 6.02. The lowest BCUT2D eigenvalue weighted by molar-refractivity contribution is -0.111. The molecule has 0 atom stereocenters. The fourth-order valence-corrected chi connectivity index (χ4v) is 2.52. The van der Waals surface area contributed by atoms with Crippen LogP contribution in [0.4, 0.5) is 16.2 Å². The Balaban J connectivity index is 1.48. The zero-order valence-electron chi connectivity index (χ0n) is 15.4. The van der Waals surface area contributed by atoms with Gasteiger partial charge in [0.1, 0.15) is 5.76 Å². The Hall–Kier alpha value is -3.80. The van der Waals surface area contributed by atoms with Crippen molar-refractivity contribution in [2.24, 2.45) is 0 Å². The second-order valence-electron chi connectivity index (χ2n) is 6.20. The van der Waals surface area contributed by atoms with Crippen LogP contribution in [0.15, 0.2) is 77.4 Å². The van der Waals surface area contributed by atoms with E-state index in [0.29, 0.717) is 23.7 Å². The number of amides is 3. The number of aryl methyl sites for hydroxylation is 1. The van der Waals surface area contributed by atoms with E-state index in [1.54, 1.807) is 48.7 Å². The summed E-state index contributed by atoms with van der Waals surface area (Å²) in [5.41, 5.74) is 3.36. The van der Waals surface area contributed by atoms with Gasteiger partial charge in [0.25, 0.3) is 0 Å². The van der Waals surface area contributed by atoms with Crippen LogP contribution in [0.2, 0.25) is 0 Å². The molecule has 3 rings (SSSR count). The Bertz CT molecular complexity index is 961. The maximum absolute atomic E-state index is 12.0. The number of urea groups is 1. The topological polar surface area (TPSA) is 83.4 Å². The van der Waals surface area contributed by atoms with E-state index in [4.69, 9.17) is 4.42 Å². The average Bonchev–Trinajstić information content (AvgIpc) is 3.20. The van der Waals surface area contributed by atoms with Gasteiger partial charge in [-0.3, -0.25) is 4.79 Å². The molecule has 0 fully saturated rings. The molecule has 0 saturated carbocycles. The molecule has 0 spiro atoms. The van der Waals surface area contributed by atoms with Crippen molar-refractivity contribution >= 4 is 29.4 Å². The normalized spacial score (nSPS) is 10.6. The molecule has 0 aliphatic heterocycles. The van der Waals surface area contributed by atoms with Crippen LogP contribution in [-0.4, -0.2) is 11.9 Å². The van der Waals surface area contributed by atoms with Crippen LogP contribution >= 0.6 is 0 Å². The summed E-state index contributed by atoms with van der Waals surface area (Å²) in [4.78, 5) is 23.9. The average molecular weight is 375 g/mol. The second-order valence-corrected chi connectivity index (χ2v) is 6.20. The molecule has 142 valence electrons. The lowest BCUT2D eigenvalue weighted by Gasteiger charge is -2.08. The number of carbonyl (C=O) groups is 2. The van der Waals surface area contributed by atoms with Crippen molar-refractivity contribution in [2.45, 2.75) is 13.5 Å². The summed E-state index contributed by atoms with van der Waals surface area (Å²) < 4.78 is 5.15. The molecule has 0 radical (unpaired) electrons. The summed E-state index contributed by atoms with van der Waals surface area (Å²) in [6, 6.07) is 18.0. The molecule has 6 heteroatoms. The predicted octanol–water partition coefficient (Wildman–Crippen LogP) is 4.56. The molecule has 0 saturated heterocycles. The number of carbonyl (C=O) groups excluding carboxylic acids is 2. The Kier molecular flexibility index (Phi) is 6.25. The number of benzene rings is 2. The van der Waals surface area contributed by atoms with Crippen LogP contribution < -0.4 is 16.0 Å². The first-order valence-corrected chi connectivity index (χ1v) is 8.81. The van der Waals surface area contributed by atoms with Gasteiger partial charge in [-0.1, -0.05) is 29.8 Å². The molecular formula is C22H21N3O3. The Morgan fingerprint density at radius 2 is 1.71 bits per heavy atom. The third kappa shape index (κ3) is 5.88. The molecule has 28 heavy (non-hydrogen) atoms. The molecular weight excluding hydrogens is 354 g/mol. The molecule has 0 unspecified atom stereocenters. The zero-order chi connectivity index (χ0) is 19.8. The van der Waals surface area contributed by atoms with E-state index in [1.807, 2.05) is 31.2 Å². The maximum Gasteiger partial charge on any atom is 0.319 e. The van der Waals surface area contributed by atoms with Gasteiger partial charge in [-0.15, -0.1) is 0 Å². The van der Waals surface area contributed by atoms with Crippen LogP contribution in [0.25, 0.3) is 6.08 Å². The third-order valence-electron chi connectivity index (χ3n) is 3.88. The molecule has 0 aliphatic rings. The summed E-state index contributed by atoms with van der Waals surface area (Å²) in [6.45, 7) is 2.31. The van der Waals surface area contributed by atoms with Gasteiger partial charge in [0.2, 0.25) is 5.91 Å². The van der Waals surface area contributed by atoms with Crippen LogP contribution in [0, 0.1) is 6.92 Å². The molecule has 3 N–H and O–H groups in total. The molecule has 0 bridgehead atoms. The van der Waals surface area contributed by atoms with Gasteiger partial charge < -0.3 is 20.4 Å². The Labute approximate surface area is 163 Å². The lowest BCUT2D eigenvalue weighted by Crippen LogP contribution is -2.27. The number of nitrogens with one attached hydrogen (secondary N) is 3. The van der Waals surface area contributed by atoms with Crippen molar-refractivity contribution in [1.29, 1.82) is 0 Å². The van der Waals surface area contributed by atoms with Gasteiger partial charge in [0.15, 0.2) is 0 Å². The SMILES string of the molecule is Cc1cccc(/C=C/C(=O)Nc2ccc(NC(=O)NCc3ccco3)cc2)c1. The number of anilines is 2. The fraction of sp³-hybridized carbons (Fsp3) is 0.0909. The highest BCUT2D eigenvalue weighted by Crippen LogP contribution is 2.14. The molecule has 6 nitrogen and oxygen atoms in total. The van der Waals surface area contributed by atoms with Crippen molar-refractivity contribution in [2.75, 3.05) is 10.6 Å². The Morgan fingerprint density at radius 3 is 2.39 bits per heavy atom. The fourth-order valence-electron chi connectivity index (χ4n) is 2.52. The second kappa shape index (κ2) is 9.23. The van der Waals surface area contributed by atoms with E-state index in [2.05, 4.69) is 16.0 Å². The molecule has 2 aromatic carbocycles. The third-order valence-corrected chi connectivity index (χ3v) is 3.88. The van der Waals surface area contributed by atoms with E-state index in [1.165, 1.54) is 6.08 Å². The van der Waals surface area contributed by atoms with Gasteiger partial charge in [0.05, 0.1) is 12.8 Å². The minimum Gasteiger partial charge on any atom is -0.467 e. The van der Waals surface area contributed by atoms with Crippen LogP contribution in [0.1, 0.15) is 16.9 Å². The van der Waals surface area contributed by atoms with E-state index < -0.39 is 0 Å². The zero-order valence-corrected chi connectivity index (χ0v) is 15.4. The van der Waals surface area contributed by atoms with Crippen molar-refractivity contribution in [3.8, 4) is 0 Å². The number of hydrogen-bond donors (Lipinski definition) is 3. The first kappa shape index (κ1) is 19.0. The van der Waals surface area contributed by atoms with E-state index in [0.717, 1.165) is 11.1 Å². The van der Waals surface area contributed by atoms with E-state index in [-0.39, 0.29) is 11.9 Å². The van der Waals surface area contributed by atoms with Crippen molar-refractivity contribution in [3.05, 3.63) is 89.9 Å². The maximum atomic E-state index is 12.0. The minimum absolute atomic E-state index is 0.224. The number of furan rings is 1. The smallest absolute Gasteiger partial charge is 0.319 e. The lowest BCUT2D eigenvalue weighted by atomic mass is 10.1. The van der Waals surface area contributed by atoms with Gasteiger partial charge >= 0.3 is 6.03 Å². The quantitative estimate of drug-likeness (QED) is 0.552. The van der Waals surface area contributed by atoms with Crippen LogP contribution in [0.5, 0.6) is 0 Å². The first-order valence-electron chi connectivity index (χ1n) is 8.81. The minimum atomic E-state index is -0.339. The van der Waals surface area contributed by atoms with Crippen molar-refractivity contribution in [3.63, 3.8) is 0 Å². The van der Waals surface area contributed by atoms with Gasteiger partial charge in [0, 0.05) is 17.5 Å². The van der Waals surface area contributed by atoms with Gasteiger partial charge in [-0.05, 0) is 55.0 Å². The van der Waals surface area contributed by atoms with Gasteiger partial charge in [-0.2, -0.15) is 0 Å². The van der Waals surface area contributed by atoms with E-state index >= 15 is 0 Å². The van der Waals surface area contributed by atoms with Crippen LogP contribution in [0.3, 0.4) is 0 Å². The summed E-state index contributed by atoms with van der Waals surface area (Å²) in [5, 5.41) is 8.20. The molecule has 3 aromatic rings. The highest BCUT2D eigenvalue weighted by Gasteiger charge is 2.04. The number of rotatable bonds is 6. The van der Waals surface area contributed by atoms with E-state index in [9.17, 15) is 9.59 Å².